The maximum atomic E-state index is 12.5. The molecule has 3 aromatic carbocycles. The smallest absolute Gasteiger partial charge is 0.347 e. The molecule has 0 aliphatic heterocycles. The third-order valence-electron chi connectivity index (χ3n) is 4.83. The molecule has 6 heteroatoms. The molecule has 0 aliphatic carbocycles. The number of phenolic OH excluding ortho intramolecular Hbond substituents is 1. The van der Waals surface area contributed by atoms with Crippen LogP contribution in [0.25, 0.3) is 0 Å². The fourth-order valence-corrected chi connectivity index (χ4v) is 3.04. The predicted molar refractivity (Wildman–Crippen MR) is 124 cm³/mol. The van der Waals surface area contributed by atoms with Crippen LogP contribution in [0, 0.1) is 0 Å². The molecule has 0 bridgehead atoms. The summed E-state index contributed by atoms with van der Waals surface area (Å²) < 4.78 is 11.0. The summed E-state index contributed by atoms with van der Waals surface area (Å²) in [7, 11) is 0. The lowest BCUT2D eigenvalue weighted by atomic mass is 10.2. The van der Waals surface area contributed by atoms with E-state index in [-0.39, 0.29) is 17.2 Å². The maximum Gasteiger partial charge on any atom is 0.347 e. The first kappa shape index (κ1) is 22.9. The average molecular weight is 434 g/mol. The van der Waals surface area contributed by atoms with Crippen molar-refractivity contribution in [2.45, 2.75) is 32.6 Å². The number of amides is 1. The number of rotatable bonds is 10. The van der Waals surface area contributed by atoms with Gasteiger partial charge in [0.05, 0.1) is 6.61 Å². The van der Waals surface area contributed by atoms with Crippen molar-refractivity contribution >= 4 is 17.6 Å². The van der Waals surface area contributed by atoms with Crippen LogP contribution in [-0.2, 0) is 0 Å². The van der Waals surface area contributed by atoms with E-state index in [0.29, 0.717) is 23.6 Å². The SMILES string of the molecule is CCCCCCOc1ccc(C(=O)Nc2ccc(OC(=O)c3ccccc3O)cc2)cc1. The van der Waals surface area contributed by atoms with Gasteiger partial charge in [-0.2, -0.15) is 0 Å². The van der Waals surface area contributed by atoms with Crippen LogP contribution in [0.5, 0.6) is 17.2 Å². The Morgan fingerprint density at radius 2 is 1.53 bits per heavy atom. The Balaban J connectivity index is 1.51. The number of hydrogen-bond donors (Lipinski definition) is 2. The molecule has 166 valence electrons. The average Bonchev–Trinajstić information content (AvgIpc) is 2.81. The van der Waals surface area contributed by atoms with E-state index in [2.05, 4.69) is 12.2 Å². The molecule has 1 amide bonds. The van der Waals surface area contributed by atoms with Crippen molar-refractivity contribution in [2.75, 3.05) is 11.9 Å². The highest BCUT2D eigenvalue weighted by Gasteiger charge is 2.13. The second-order valence-corrected chi connectivity index (χ2v) is 7.32. The van der Waals surface area contributed by atoms with Crippen molar-refractivity contribution in [3.05, 3.63) is 83.9 Å². The van der Waals surface area contributed by atoms with Gasteiger partial charge in [0.25, 0.3) is 5.91 Å². The van der Waals surface area contributed by atoms with Crippen molar-refractivity contribution in [1.29, 1.82) is 0 Å². The molecule has 0 heterocycles. The van der Waals surface area contributed by atoms with E-state index >= 15 is 0 Å². The van der Waals surface area contributed by atoms with Gasteiger partial charge < -0.3 is 19.9 Å². The van der Waals surface area contributed by atoms with Crippen molar-refractivity contribution in [2.24, 2.45) is 0 Å². The van der Waals surface area contributed by atoms with Gasteiger partial charge in [-0.3, -0.25) is 4.79 Å². The van der Waals surface area contributed by atoms with Gasteiger partial charge in [-0.25, -0.2) is 4.79 Å². The summed E-state index contributed by atoms with van der Waals surface area (Å²) in [6, 6.07) is 19.6. The summed E-state index contributed by atoms with van der Waals surface area (Å²) in [6.07, 6.45) is 4.58. The first-order valence-electron chi connectivity index (χ1n) is 10.7. The molecule has 3 rings (SSSR count). The molecular weight excluding hydrogens is 406 g/mol. The second-order valence-electron chi connectivity index (χ2n) is 7.32. The highest BCUT2D eigenvalue weighted by atomic mass is 16.5. The zero-order valence-electron chi connectivity index (χ0n) is 18.0. The van der Waals surface area contributed by atoms with Gasteiger partial charge >= 0.3 is 5.97 Å². The third kappa shape index (κ3) is 6.60. The Kier molecular flexibility index (Phi) is 8.26. The minimum absolute atomic E-state index is 0.0817. The normalized spacial score (nSPS) is 10.4. The van der Waals surface area contributed by atoms with E-state index in [1.165, 1.54) is 25.0 Å². The van der Waals surface area contributed by atoms with Gasteiger partial charge in [-0.05, 0) is 67.1 Å². The predicted octanol–water partition coefficient (Wildman–Crippen LogP) is 5.82. The zero-order valence-corrected chi connectivity index (χ0v) is 18.0. The molecule has 0 atom stereocenters. The van der Waals surface area contributed by atoms with Gasteiger partial charge in [0.2, 0.25) is 0 Å². The maximum absolute atomic E-state index is 12.5. The van der Waals surface area contributed by atoms with Crippen LogP contribution in [0.1, 0.15) is 53.3 Å². The largest absolute Gasteiger partial charge is 0.507 e. The monoisotopic (exact) mass is 433 g/mol. The van der Waals surface area contributed by atoms with Crippen molar-refractivity contribution in [1.82, 2.24) is 0 Å². The summed E-state index contributed by atoms with van der Waals surface area (Å²) in [6.45, 7) is 2.85. The molecule has 3 aromatic rings. The Hall–Kier alpha value is -3.80. The second kappa shape index (κ2) is 11.6. The van der Waals surface area contributed by atoms with Crippen LogP contribution in [0.4, 0.5) is 5.69 Å². The van der Waals surface area contributed by atoms with Crippen molar-refractivity contribution in [3.63, 3.8) is 0 Å². The van der Waals surface area contributed by atoms with E-state index in [4.69, 9.17) is 9.47 Å². The van der Waals surface area contributed by atoms with Crippen LogP contribution in [0.2, 0.25) is 0 Å². The molecule has 0 aromatic heterocycles. The third-order valence-corrected chi connectivity index (χ3v) is 4.83. The molecule has 0 fully saturated rings. The molecular formula is C26H27NO5. The Bertz CT molecular complexity index is 1030. The number of anilines is 1. The van der Waals surface area contributed by atoms with E-state index < -0.39 is 5.97 Å². The van der Waals surface area contributed by atoms with Crippen LogP contribution in [-0.4, -0.2) is 23.6 Å². The minimum atomic E-state index is -0.660. The molecule has 0 unspecified atom stereocenters. The molecule has 0 spiro atoms. The number of ether oxygens (including phenoxy) is 2. The number of unbranched alkanes of at least 4 members (excludes halogenated alkanes) is 3. The Morgan fingerprint density at radius 3 is 2.22 bits per heavy atom. The van der Waals surface area contributed by atoms with Crippen LogP contribution < -0.4 is 14.8 Å². The molecule has 0 aliphatic rings. The number of nitrogens with one attached hydrogen (secondary N) is 1. The molecule has 2 N–H and O–H groups in total. The lowest BCUT2D eigenvalue weighted by Gasteiger charge is -2.09. The van der Waals surface area contributed by atoms with Gasteiger partial charge in [-0.1, -0.05) is 38.3 Å². The summed E-state index contributed by atoms with van der Waals surface area (Å²) in [4.78, 5) is 24.6. The van der Waals surface area contributed by atoms with Crippen LogP contribution in [0.15, 0.2) is 72.8 Å². The molecule has 32 heavy (non-hydrogen) atoms. The summed E-state index contributed by atoms with van der Waals surface area (Å²) in [5.41, 5.74) is 1.16. The number of para-hydroxylation sites is 1. The number of aromatic hydroxyl groups is 1. The highest BCUT2D eigenvalue weighted by Crippen LogP contribution is 2.21. The van der Waals surface area contributed by atoms with E-state index in [0.717, 1.165) is 18.6 Å². The lowest BCUT2D eigenvalue weighted by Crippen LogP contribution is -2.12. The summed E-state index contributed by atoms with van der Waals surface area (Å²) in [5, 5.41) is 12.6. The topological polar surface area (TPSA) is 84.9 Å². The highest BCUT2D eigenvalue weighted by molar-refractivity contribution is 6.04. The van der Waals surface area contributed by atoms with Crippen molar-refractivity contribution in [3.8, 4) is 17.2 Å². The number of hydrogen-bond acceptors (Lipinski definition) is 5. The number of phenols is 1. The zero-order chi connectivity index (χ0) is 22.8. The number of esters is 1. The Morgan fingerprint density at radius 1 is 0.844 bits per heavy atom. The van der Waals surface area contributed by atoms with Crippen LogP contribution in [0.3, 0.4) is 0 Å². The minimum Gasteiger partial charge on any atom is -0.507 e. The van der Waals surface area contributed by atoms with Gasteiger partial charge in [0.15, 0.2) is 0 Å². The fraction of sp³-hybridized carbons (Fsp3) is 0.231. The van der Waals surface area contributed by atoms with Crippen molar-refractivity contribution < 1.29 is 24.2 Å². The fourth-order valence-electron chi connectivity index (χ4n) is 3.04. The molecule has 0 radical (unpaired) electrons. The standard InChI is InChI=1S/C26H27NO5/c1-2-3-4-7-18-31-21-14-10-19(11-15-21)25(29)27-20-12-16-22(17-13-20)32-26(30)23-8-5-6-9-24(23)28/h5-6,8-17,28H,2-4,7,18H2,1H3,(H,27,29). The first-order chi connectivity index (χ1) is 15.6. The molecule has 6 nitrogen and oxygen atoms in total. The quantitative estimate of drug-likeness (QED) is 0.239. The summed E-state index contributed by atoms with van der Waals surface area (Å²) >= 11 is 0. The molecule has 0 saturated heterocycles. The van der Waals surface area contributed by atoms with Gasteiger partial charge in [0.1, 0.15) is 22.8 Å². The summed E-state index contributed by atoms with van der Waals surface area (Å²) in [5.74, 6) is -0.00865. The van der Waals surface area contributed by atoms with E-state index in [9.17, 15) is 14.7 Å². The molecule has 0 saturated carbocycles. The van der Waals surface area contributed by atoms with Gasteiger partial charge in [-0.15, -0.1) is 0 Å². The van der Waals surface area contributed by atoms with Crippen LogP contribution >= 0.6 is 0 Å². The van der Waals surface area contributed by atoms with E-state index in [1.54, 1.807) is 60.7 Å². The number of benzene rings is 3. The Labute approximate surface area is 187 Å². The van der Waals surface area contributed by atoms with Gasteiger partial charge in [0, 0.05) is 11.3 Å². The number of carbonyl (C=O) groups is 2. The first-order valence-corrected chi connectivity index (χ1v) is 10.7. The van der Waals surface area contributed by atoms with E-state index in [1.807, 2.05) is 0 Å². The lowest BCUT2D eigenvalue weighted by molar-refractivity contribution is 0.0731. The number of carbonyl (C=O) groups excluding carboxylic acids is 2.